The molecule has 10 nitrogen and oxygen atoms in total. The number of hydrogen-bond acceptors (Lipinski definition) is 8. The maximum absolute atomic E-state index is 13.9. The molecular weight excluding hydrogens is 600 g/mol. The first-order chi connectivity index (χ1) is 22.1. The van der Waals surface area contributed by atoms with Crippen molar-refractivity contribution in [1.29, 1.82) is 0 Å². The molecule has 1 fully saturated rings. The molecule has 1 saturated heterocycles. The van der Waals surface area contributed by atoms with Crippen molar-refractivity contribution in [2.45, 2.75) is 76.2 Å². The van der Waals surface area contributed by atoms with Crippen LogP contribution in [-0.4, -0.2) is 89.8 Å². The average molecular weight is 651 g/mol. The Hall–Kier alpha value is -3.35. The molecule has 250 valence electrons. The fourth-order valence-electron chi connectivity index (χ4n) is 5.50. The van der Waals surface area contributed by atoms with E-state index in [0.717, 1.165) is 31.5 Å². The highest BCUT2D eigenvalue weighted by Crippen LogP contribution is 2.24. The number of benzene rings is 2. The first-order valence-electron chi connectivity index (χ1n) is 16.2. The van der Waals surface area contributed by atoms with Gasteiger partial charge in [-0.15, -0.1) is 11.3 Å². The van der Waals surface area contributed by atoms with Gasteiger partial charge in [-0.05, 0) is 57.1 Å². The van der Waals surface area contributed by atoms with Crippen molar-refractivity contribution in [3.63, 3.8) is 0 Å². The topological polar surface area (TPSA) is 133 Å². The number of amides is 3. The van der Waals surface area contributed by atoms with Gasteiger partial charge < -0.3 is 31.1 Å². The van der Waals surface area contributed by atoms with E-state index in [-0.39, 0.29) is 30.6 Å². The molecule has 5 N–H and O–H groups in total. The van der Waals surface area contributed by atoms with Gasteiger partial charge in [-0.25, -0.2) is 9.78 Å². The molecule has 1 aromatic heterocycles. The second-order valence-corrected chi connectivity index (χ2v) is 13.6. The summed E-state index contributed by atoms with van der Waals surface area (Å²) in [6.45, 7) is 7.21. The standard InChI is InChI=1S/C35H50N6O4S/c1-35(2,44)33-38-30(25-46-33)24-40(3)34(43)39-31(16-17-41-18-20-45-21-19-41)32(42)37-29(23-27-12-8-5-9-13-27)15-14-28(36)22-26-10-6-4-7-11-26/h4-13,25,28-29,31,44H,14-24,36H2,1-3H3,(H,37,42)(H,39,43). The number of hydrogen-bond donors (Lipinski definition) is 4. The van der Waals surface area contributed by atoms with Crippen molar-refractivity contribution in [3.8, 4) is 0 Å². The summed E-state index contributed by atoms with van der Waals surface area (Å²) in [5.74, 6) is -0.203. The van der Waals surface area contributed by atoms with E-state index in [1.807, 2.05) is 41.8 Å². The summed E-state index contributed by atoms with van der Waals surface area (Å²) in [4.78, 5) is 35.6. The van der Waals surface area contributed by atoms with E-state index >= 15 is 0 Å². The van der Waals surface area contributed by atoms with E-state index < -0.39 is 11.6 Å². The van der Waals surface area contributed by atoms with E-state index in [1.54, 1.807) is 20.9 Å². The van der Waals surface area contributed by atoms with E-state index in [4.69, 9.17) is 10.5 Å². The Bertz CT molecular complexity index is 1340. The summed E-state index contributed by atoms with van der Waals surface area (Å²) < 4.78 is 5.49. The fourth-order valence-corrected chi connectivity index (χ4v) is 6.33. The van der Waals surface area contributed by atoms with Crippen LogP contribution < -0.4 is 16.4 Å². The van der Waals surface area contributed by atoms with Crippen LogP contribution in [0.1, 0.15) is 54.9 Å². The van der Waals surface area contributed by atoms with Crippen LogP contribution in [0.5, 0.6) is 0 Å². The van der Waals surface area contributed by atoms with E-state index in [1.165, 1.54) is 21.8 Å². The third kappa shape index (κ3) is 11.8. The number of aliphatic hydroxyl groups is 1. The summed E-state index contributed by atoms with van der Waals surface area (Å²) in [5.41, 5.74) is 8.51. The molecule has 3 aromatic rings. The summed E-state index contributed by atoms with van der Waals surface area (Å²) in [7, 11) is 1.68. The van der Waals surface area contributed by atoms with Crippen LogP contribution in [0.25, 0.3) is 0 Å². The molecule has 0 radical (unpaired) electrons. The molecule has 2 heterocycles. The van der Waals surface area contributed by atoms with Crippen molar-refractivity contribution in [3.05, 3.63) is 87.9 Å². The van der Waals surface area contributed by atoms with Crippen molar-refractivity contribution in [1.82, 2.24) is 25.4 Å². The summed E-state index contributed by atoms with van der Waals surface area (Å²) in [5, 5.41) is 19.0. The number of nitrogens with one attached hydrogen (secondary N) is 2. The van der Waals surface area contributed by atoms with Crippen LogP contribution in [0.2, 0.25) is 0 Å². The molecule has 4 rings (SSSR count). The third-order valence-electron chi connectivity index (χ3n) is 8.17. The Kier molecular flexibility index (Phi) is 13.5. The maximum atomic E-state index is 13.9. The number of morpholine rings is 1. The molecule has 3 unspecified atom stereocenters. The average Bonchev–Trinajstić information content (AvgIpc) is 3.52. The number of carbonyl (C=O) groups excluding carboxylic acids is 2. The Morgan fingerprint density at radius 2 is 1.63 bits per heavy atom. The zero-order valence-corrected chi connectivity index (χ0v) is 28.2. The first kappa shape index (κ1) is 35.5. The molecule has 0 bridgehead atoms. The Morgan fingerprint density at radius 1 is 1.00 bits per heavy atom. The summed E-state index contributed by atoms with van der Waals surface area (Å²) in [6, 6.07) is 19.1. The van der Waals surface area contributed by atoms with Gasteiger partial charge in [0.15, 0.2) is 0 Å². The minimum absolute atomic E-state index is 0.0364. The SMILES string of the molecule is CN(Cc1csc(C(C)(C)O)n1)C(=O)NC(CCN1CCOCC1)C(=O)NC(CCC(N)Cc1ccccc1)Cc1ccccc1. The van der Waals surface area contributed by atoms with Crippen molar-refractivity contribution in [2.75, 3.05) is 39.9 Å². The number of ether oxygens (including phenoxy) is 1. The summed E-state index contributed by atoms with van der Waals surface area (Å²) in [6.07, 6.45) is 3.37. The van der Waals surface area contributed by atoms with Crippen molar-refractivity contribution < 1.29 is 19.4 Å². The molecule has 46 heavy (non-hydrogen) atoms. The molecule has 1 aliphatic rings. The Balaban J connectivity index is 1.42. The minimum Gasteiger partial charge on any atom is -0.383 e. The zero-order valence-electron chi connectivity index (χ0n) is 27.4. The lowest BCUT2D eigenvalue weighted by Crippen LogP contribution is -2.54. The second-order valence-electron chi connectivity index (χ2n) is 12.7. The highest BCUT2D eigenvalue weighted by molar-refractivity contribution is 7.09. The van der Waals surface area contributed by atoms with Crippen LogP contribution in [0.15, 0.2) is 66.0 Å². The van der Waals surface area contributed by atoms with Crippen LogP contribution >= 0.6 is 11.3 Å². The maximum Gasteiger partial charge on any atom is 0.318 e. The molecule has 3 atom stereocenters. The molecule has 2 aromatic carbocycles. The van der Waals surface area contributed by atoms with Crippen LogP contribution in [-0.2, 0) is 34.5 Å². The number of nitrogens with zero attached hydrogens (tertiary/aromatic N) is 3. The molecule has 0 spiro atoms. The van der Waals surface area contributed by atoms with Crippen molar-refractivity contribution >= 4 is 23.3 Å². The summed E-state index contributed by atoms with van der Waals surface area (Å²) >= 11 is 1.36. The molecule has 3 amide bonds. The van der Waals surface area contributed by atoms with Gasteiger partial charge in [0.05, 0.1) is 25.5 Å². The van der Waals surface area contributed by atoms with Gasteiger partial charge in [-0.2, -0.15) is 0 Å². The Labute approximate surface area is 277 Å². The predicted octanol–water partition coefficient (Wildman–Crippen LogP) is 3.68. The zero-order chi connectivity index (χ0) is 32.9. The molecular formula is C35H50N6O4S. The normalized spacial score (nSPS) is 15.9. The second kappa shape index (κ2) is 17.5. The fraction of sp³-hybridized carbons (Fsp3) is 0.514. The van der Waals surface area contributed by atoms with Gasteiger partial charge in [0.1, 0.15) is 16.7 Å². The van der Waals surface area contributed by atoms with Gasteiger partial charge in [-0.3, -0.25) is 9.69 Å². The molecule has 1 aliphatic heterocycles. The quantitative estimate of drug-likeness (QED) is 0.186. The number of rotatable bonds is 16. The van der Waals surface area contributed by atoms with Crippen LogP contribution in [0, 0.1) is 0 Å². The number of urea groups is 1. The van der Waals surface area contributed by atoms with E-state index in [2.05, 4.69) is 44.8 Å². The van der Waals surface area contributed by atoms with Crippen LogP contribution in [0.4, 0.5) is 4.79 Å². The predicted molar refractivity (Wildman–Crippen MR) is 182 cm³/mol. The van der Waals surface area contributed by atoms with Gasteiger partial charge in [-0.1, -0.05) is 60.7 Å². The van der Waals surface area contributed by atoms with E-state index in [9.17, 15) is 14.7 Å². The number of carbonyl (C=O) groups is 2. The monoisotopic (exact) mass is 650 g/mol. The van der Waals surface area contributed by atoms with Gasteiger partial charge in [0.2, 0.25) is 5.91 Å². The smallest absolute Gasteiger partial charge is 0.318 e. The third-order valence-corrected chi connectivity index (χ3v) is 9.37. The van der Waals surface area contributed by atoms with Crippen molar-refractivity contribution in [2.24, 2.45) is 5.73 Å². The largest absolute Gasteiger partial charge is 0.383 e. The first-order valence-corrected chi connectivity index (χ1v) is 17.1. The molecule has 0 aliphatic carbocycles. The van der Waals surface area contributed by atoms with Gasteiger partial charge in [0, 0.05) is 44.1 Å². The number of thiazole rings is 1. The molecule has 11 heteroatoms. The lowest BCUT2D eigenvalue weighted by atomic mass is 9.96. The number of aromatic nitrogens is 1. The Morgan fingerprint density at radius 3 is 2.24 bits per heavy atom. The van der Waals surface area contributed by atoms with Gasteiger partial charge in [0.25, 0.3) is 0 Å². The lowest BCUT2D eigenvalue weighted by molar-refractivity contribution is -0.124. The lowest BCUT2D eigenvalue weighted by Gasteiger charge is -2.30. The minimum atomic E-state index is -1.05. The molecule has 0 saturated carbocycles. The van der Waals surface area contributed by atoms with E-state index in [0.29, 0.717) is 49.7 Å². The van der Waals surface area contributed by atoms with Crippen LogP contribution in [0.3, 0.4) is 0 Å². The number of nitrogens with two attached hydrogens (primary N) is 1. The van der Waals surface area contributed by atoms with Gasteiger partial charge >= 0.3 is 6.03 Å². The highest BCUT2D eigenvalue weighted by Gasteiger charge is 2.27. The highest BCUT2D eigenvalue weighted by atomic mass is 32.1.